The van der Waals surface area contributed by atoms with E-state index >= 15 is 0 Å². The number of hydrogen-bond acceptors (Lipinski definition) is 5. The van der Waals surface area contributed by atoms with Gasteiger partial charge in [-0.2, -0.15) is 0 Å². The van der Waals surface area contributed by atoms with Crippen molar-refractivity contribution in [1.29, 1.82) is 0 Å². The Morgan fingerprint density at radius 3 is 0.810 bits per heavy atom. The largest absolute Gasteiger partial charge is 0.500 e. The van der Waals surface area contributed by atoms with Gasteiger partial charge in [-0.15, -0.1) is 0 Å². The second-order valence-corrected chi connectivity index (χ2v) is 15.7. The molecule has 42 heavy (non-hydrogen) atoms. The number of nitrogens with zero attached hydrogens (tertiary/aromatic N) is 1. The van der Waals surface area contributed by atoms with Crippen LogP contribution in [0.5, 0.6) is 0 Å². The summed E-state index contributed by atoms with van der Waals surface area (Å²) in [5.74, 6) is 0. The summed E-state index contributed by atoms with van der Waals surface area (Å²) >= 11 is 0. The van der Waals surface area contributed by atoms with Gasteiger partial charge in [-0.3, -0.25) is 0 Å². The summed E-state index contributed by atoms with van der Waals surface area (Å²) in [7, 11) is 2.77. The topological polar surface area (TPSA) is 57.1 Å². The van der Waals surface area contributed by atoms with Crippen LogP contribution in [0.4, 0.5) is 0 Å². The van der Waals surface area contributed by atoms with Crippen LogP contribution in [-0.4, -0.2) is 42.8 Å². The first-order chi connectivity index (χ1) is 20.7. The lowest BCUT2D eigenvalue weighted by Crippen LogP contribution is -2.42. The van der Waals surface area contributed by atoms with Gasteiger partial charge in [0.1, 0.15) is 0 Å². The maximum atomic E-state index is 10.00. The van der Waals surface area contributed by atoms with E-state index in [1.165, 1.54) is 180 Å². The minimum absolute atomic E-state index is 0.664. The number of unbranched alkanes of at least 4 members (excludes halogenated alkanes) is 29. The molecule has 0 rings (SSSR count). The molecule has 0 aliphatic heterocycles. The SMILES string of the molecule is CO[Si](CCCCCCCCCCCCCCCCCCCCCCCCCCCCCCCCN=C=O)(OC)OC. The second kappa shape index (κ2) is 35.0. The molecule has 0 radical (unpaired) electrons. The molecule has 0 aromatic carbocycles. The maximum Gasteiger partial charge on any atom is 0.500 e. The van der Waals surface area contributed by atoms with Crippen molar-refractivity contribution in [2.45, 2.75) is 199 Å². The van der Waals surface area contributed by atoms with Gasteiger partial charge in [-0.25, -0.2) is 9.79 Å². The number of carbonyl (C=O) groups excluding carboxylic acids is 1. The van der Waals surface area contributed by atoms with Gasteiger partial charge in [0.2, 0.25) is 6.08 Å². The third-order valence-electron chi connectivity index (χ3n) is 9.00. The first-order valence-corrected chi connectivity index (χ1v) is 20.4. The maximum absolute atomic E-state index is 10.00. The molecule has 0 aromatic heterocycles. The zero-order valence-corrected chi connectivity index (χ0v) is 29.7. The zero-order chi connectivity index (χ0) is 30.7. The average Bonchev–Trinajstić information content (AvgIpc) is 3.01. The molecule has 0 saturated carbocycles. The predicted octanol–water partition coefficient (Wildman–Crippen LogP) is 11.9. The number of rotatable bonds is 36. The molecule has 0 fully saturated rings. The van der Waals surface area contributed by atoms with Gasteiger partial charge >= 0.3 is 8.80 Å². The molecule has 5 nitrogen and oxygen atoms in total. The fourth-order valence-electron chi connectivity index (χ4n) is 6.08. The van der Waals surface area contributed by atoms with E-state index in [2.05, 4.69) is 4.99 Å². The molecule has 0 N–H and O–H groups in total. The Hall–Kier alpha value is -0.523. The summed E-state index contributed by atoms with van der Waals surface area (Å²) in [6.07, 6.45) is 43.2. The van der Waals surface area contributed by atoms with E-state index in [1.807, 2.05) is 0 Å². The van der Waals surface area contributed by atoms with Gasteiger partial charge in [0.15, 0.2) is 0 Å². The lowest BCUT2D eigenvalue weighted by Gasteiger charge is -2.24. The predicted molar refractivity (Wildman–Crippen MR) is 183 cm³/mol. The van der Waals surface area contributed by atoms with E-state index < -0.39 is 8.80 Å². The third kappa shape index (κ3) is 29.5. The summed E-state index contributed by atoms with van der Waals surface area (Å²) in [6, 6.07) is 0.934. The zero-order valence-electron chi connectivity index (χ0n) is 28.7. The molecule has 0 saturated heterocycles. The molecule has 6 heteroatoms. The van der Waals surface area contributed by atoms with E-state index in [-0.39, 0.29) is 0 Å². The fraction of sp³-hybridized carbons (Fsp3) is 0.972. The smallest absolute Gasteiger partial charge is 0.377 e. The highest BCUT2D eigenvalue weighted by molar-refractivity contribution is 6.60. The van der Waals surface area contributed by atoms with E-state index in [0.717, 1.165) is 18.9 Å². The van der Waals surface area contributed by atoms with Crippen molar-refractivity contribution < 1.29 is 18.1 Å². The van der Waals surface area contributed by atoms with E-state index in [0.29, 0.717) is 6.54 Å². The van der Waals surface area contributed by atoms with Crippen LogP contribution in [0, 0.1) is 0 Å². The van der Waals surface area contributed by atoms with Gasteiger partial charge < -0.3 is 13.3 Å². The molecule has 0 aromatic rings. The minimum atomic E-state index is -2.35. The molecule has 0 spiro atoms. The monoisotopic (exact) mass is 612 g/mol. The van der Waals surface area contributed by atoms with Crippen molar-refractivity contribution in [2.24, 2.45) is 4.99 Å². The number of hydrogen-bond donors (Lipinski definition) is 0. The summed E-state index contributed by atoms with van der Waals surface area (Å²) in [6.45, 7) is 0.664. The summed E-state index contributed by atoms with van der Waals surface area (Å²) in [4.78, 5) is 13.6. The molecule has 0 atom stereocenters. The van der Waals surface area contributed by atoms with Crippen LogP contribution in [0.15, 0.2) is 4.99 Å². The highest BCUT2D eigenvalue weighted by atomic mass is 28.4. The summed E-state index contributed by atoms with van der Waals surface area (Å²) < 4.78 is 16.5. The lowest BCUT2D eigenvalue weighted by molar-refractivity contribution is 0.122. The molecule has 0 amide bonds. The van der Waals surface area contributed by atoms with Crippen molar-refractivity contribution in [3.63, 3.8) is 0 Å². The molecule has 0 aliphatic rings. The van der Waals surface area contributed by atoms with Crippen molar-refractivity contribution >= 4 is 14.9 Å². The fourth-order valence-corrected chi connectivity index (χ4v) is 7.88. The van der Waals surface area contributed by atoms with Crippen LogP contribution in [0.3, 0.4) is 0 Å². The van der Waals surface area contributed by atoms with Crippen molar-refractivity contribution in [1.82, 2.24) is 0 Å². The Balaban J connectivity index is 3.13. The molecule has 0 unspecified atom stereocenters. The Morgan fingerprint density at radius 1 is 0.381 bits per heavy atom. The Bertz CT molecular complexity index is 558. The molecule has 0 bridgehead atoms. The van der Waals surface area contributed by atoms with Crippen LogP contribution in [0.25, 0.3) is 0 Å². The third-order valence-corrected chi connectivity index (χ3v) is 11.8. The van der Waals surface area contributed by atoms with Crippen LogP contribution in [-0.2, 0) is 18.1 Å². The van der Waals surface area contributed by atoms with E-state index in [9.17, 15) is 4.79 Å². The van der Waals surface area contributed by atoms with Gasteiger partial charge in [-0.1, -0.05) is 180 Å². The lowest BCUT2D eigenvalue weighted by atomic mass is 10.0. The Morgan fingerprint density at radius 2 is 0.595 bits per heavy atom. The van der Waals surface area contributed by atoms with Crippen molar-refractivity contribution in [3.05, 3.63) is 0 Å². The van der Waals surface area contributed by atoms with Gasteiger partial charge in [0, 0.05) is 27.4 Å². The van der Waals surface area contributed by atoms with E-state index in [1.54, 1.807) is 27.4 Å². The Labute approximate surface area is 264 Å². The molecule has 0 aliphatic carbocycles. The van der Waals surface area contributed by atoms with Crippen LogP contribution in [0.1, 0.15) is 193 Å². The molecule has 250 valence electrons. The number of isocyanates is 1. The van der Waals surface area contributed by atoms with Gasteiger partial charge in [0.25, 0.3) is 0 Å². The van der Waals surface area contributed by atoms with Crippen LogP contribution in [0.2, 0.25) is 6.04 Å². The van der Waals surface area contributed by atoms with Crippen LogP contribution >= 0.6 is 0 Å². The highest BCUT2D eigenvalue weighted by Crippen LogP contribution is 2.19. The van der Waals surface area contributed by atoms with Crippen molar-refractivity contribution in [2.75, 3.05) is 27.9 Å². The van der Waals surface area contributed by atoms with Gasteiger partial charge in [0.05, 0.1) is 6.54 Å². The quantitative estimate of drug-likeness (QED) is 0.0306. The summed E-state index contributed by atoms with van der Waals surface area (Å²) in [5.41, 5.74) is 0. The molecular formula is C36H73NO4Si. The normalized spacial score (nSPS) is 11.7. The minimum Gasteiger partial charge on any atom is -0.377 e. The highest BCUT2D eigenvalue weighted by Gasteiger charge is 2.36. The standard InChI is InChI=1S/C36H73NO4Si/c1-39-42(40-2,41-3)35-33-31-29-27-25-23-21-19-17-15-13-11-9-7-5-4-6-8-10-12-14-16-18-20-22-24-26-28-30-32-34-37-36-38/h4-35H2,1-3H3. The van der Waals surface area contributed by atoms with Crippen LogP contribution < -0.4 is 0 Å². The van der Waals surface area contributed by atoms with Crippen molar-refractivity contribution in [3.8, 4) is 0 Å². The molecule has 0 heterocycles. The summed E-state index contributed by atoms with van der Waals surface area (Å²) in [5, 5.41) is 0. The first kappa shape index (κ1) is 41.5. The Kier molecular flexibility index (Phi) is 34.5. The number of aliphatic imine (C=N–C) groups is 1. The van der Waals surface area contributed by atoms with E-state index in [4.69, 9.17) is 13.3 Å². The second-order valence-electron chi connectivity index (χ2n) is 12.6. The van der Waals surface area contributed by atoms with Gasteiger partial charge in [-0.05, 0) is 12.8 Å². The average molecular weight is 612 g/mol. The molecular weight excluding hydrogens is 538 g/mol. The first-order valence-electron chi connectivity index (χ1n) is 18.4.